The fourth-order valence-corrected chi connectivity index (χ4v) is 1.67. The van der Waals surface area contributed by atoms with Crippen LogP contribution in [0.1, 0.15) is 58.8 Å². The molecule has 0 aliphatic carbocycles. The Kier molecular flexibility index (Phi) is 9.42. The summed E-state index contributed by atoms with van der Waals surface area (Å²) < 4.78 is 0. The van der Waals surface area contributed by atoms with E-state index in [1.165, 1.54) is 38.5 Å². The van der Waals surface area contributed by atoms with Gasteiger partial charge in [-0.2, -0.15) is 0 Å². The van der Waals surface area contributed by atoms with Crippen molar-refractivity contribution in [2.24, 2.45) is 11.7 Å². The third-order valence-electron chi connectivity index (χ3n) is 2.91. The van der Waals surface area contributed by atoms with Gasteiger partial charge in [0.05, 0.1) is 6.10 Å². The van der Waals surface area contributed by atoms with Crippen molar-refractivity contribution in [1.29, 1.82) is 0 Å². The van der Waals surface area contributed by atoms with E-state index >= 15 is 0 Å². The number of hydrogen-bond acceptors (Lipinski definition) is 2. The molecular weight excluding hydrogens is 174 g/mol. The standard InChI is InChI=1S/C12H27NO/c1-3-4-5-6-7-8-9-11(2)12(14)10-13/h11-12,14H,3-10,13H2,1-2H3. The van der Waals surface area contributed by atoms with Crippen LogP contribution in [-0.2, 0) is 0 Å². The molecule has 0 fully saturated rings. The van der Waals surface area contributed by atoms with Crippen LogP contribution in [0.25, 0.3) is 0 Å². The molecular formula is C12H27NO. The molecule has 0 aromatic rings. The first-order valence-corrected chi connectivity index (χ1v) is 6.10. The van der Waals surface area contributed by atoms with Gasteiger partial charge in [0.25, 0.3) is 0 Å². The van der Waals surface area contributed by atoms with Gasteiger partial charge in [0.2, 0.25) is 0 Å². The molecule has 0 saturated heterocycles. The minimum atomic E-state index is -0.300. The maximum absolute atomic E-state index is 9.44. The van der Waals surface area contributed by atoms with Crippen molar-refractivity contribution in [1.82, 2.24) is 0 Å². The second-order valence-electron chi connectivity index (χ2n) is 4.34. The first-order valence-electron chi connectivity index (χ1n) is 6.10. The number of aliphatic hydroxyl groups excluding tert-OH is 1. The molecule has 86 valence electrons. The van der Waals surface area contributed by atoms with E-state index in [0.29, 0.717) is 12.5 Å². The zero-order chi connectivity index (χ0) is 10.8. The van der Waals surface area contributed by atoms with Crippen LogP contribution in [0.3, 0.4) is 0 Å². The lowest BCUT2D eigenvalue weighted by atomic mass is 9.97. The average molecular weight is 201 g/mol. The number of unbranched alkanes of at least 4 members (excludes halogenated alkanes) is 5. The molecule has 0 aliphatic heterocycles. The molecule has 2 unspecified atom stereocenters. The van der Waals surface area contributed by atoms with Gasteiger partial charge in [-0.15, -0.1) is 0 Å². The smallest absolute Gasteiger partial charge is 0.0687 e. The Morgan fingerprint density at radius 3 is 2.21 bits per heavy atom. The van der Waals surface area contributed by atoms with Gasteiger partial charge in [0, 0.05) is 6.54 Å². The third kappa shape index (κ3) is 7.34. The molecule has 0 amide bonds. The normalized spacial score (nSPS) is 15.4. The minimum absolute atomic E-state index is 0.300. The zero-order valence-electron chi connectivity index (χ0n) is 9.84. The van der Waals surface area contributed by atoms with Crippen LogP contribution in [0.15, 0.2) is 0 Å². The fourth-order valence-electron chi connectivity index (χ4n) is 1.67. The van der Waals surface area contributed by atoms with E-state index in [2.05, 4.69) is 13.8 Å². The van der Waals surface area contributed by atoms with Crippen molar-refractivity contribution in [3.8, 4) is 0 Å². The SMILES string of the molecule is CCCCCCCCC(C)C(O)CN. The molecule has 2 heteroatoms. The first-order chi connectivity index (χ1) is 6.72. The van der Waals surface area contributed by atoms with Gasteiger partial charge in [0.15, 0.2) is 0 Å². The van der Waals surface area contributed by atoms with Crippen LogP contribution in [0.5, 0.6) is 0 Å². The Bertz CT molecular complexity index is 117. The van der Waals surface area contributed by atoms with E-state index in [4.69, 9.17) is 5.73 Å². The summed E-state index contributed by atoms with van der Waals surface area (Å²) in [6.45, 7) is 4.72. The van der Waals surface area contributed by atoms with Crippen molar-refractivity contribution in [2.45, 2.75) is 64.9 Å². The number of nitrogens with two attached hydrogens (primary N) is 1. The average Bonchev–Trinajstić information content (AvgIpc) is 2.21. The Hall–Kier alpha value is -0.0800. The molecule has 0 saturated carbocycles. The van der Waals surface area contributed by atoms with Crippen molar-refractivity contribution >= 4 is 0 Å². The lowest BCUT2D eigenvalue weighted by molar-refractivity contribution is 0.118. The van der Waals surface area contributed by atoms with Crippen LogP contribution >= 0.6 is 0 Å². The Morgan fingerprint density at radius 2 is 1.64 bits per heavy atom. The van der Waals surface area contributed by atoms with Gasteiger partial charge in [-0.05, 0) is 12.3 Å². The predicted molar refractivity (Wildman–Crippen MR) is 62.2 cm³/mol. The van der Waals surface area contributed by atoms with Crippen molar-refractivity contribution in [3.05, 3.63) is 0 Å². The molecule has 0 aromatic heterocycles. The highest BCUT2D eigenvalue weighted by Gasteiger charge is 2.10. The molecule has 0 spiro atoms. The van der Waals surface area contributed by atoms with Crippen LogP contribution < -0.4 is 5.73 Å². The summed E-state index contributed by atoms with van der Waals surface area (Å²) in [7, 11) is 0. The van der Waals surface area contributed by atoms with Crippen LogP contribution in [0.4, 0.5) is 0 Å². The van der Waals surface area contributed by atoms with Crippen molar-refractivity contribution < 1.29 is 5.11 Å². The zero-order valence-corrected chi connectivity index (χ0v) is 9.84. The topological polar surface area (TPSA) is 46.2 Å². The molecule has 0 radical (unpaired) electrons. The predicted octanol–water partition coefficient (Wildman–Crippen LogP) is 2.69. The van der Waals surface area contributed by atoms with Gasteiger partial charge in [-0.1, -0.05) is 52.4 Å². The van der Waals surface area contributed by atoms with Gasteiger partial charge < -0.3 is 10.8 Å². The molecule has 14 heavy (non-hydrogen) atoms. The second kappa shape index (κ2) is 9.47. The molecule has 2 atom stereocenters. The summed E-state index contributed by atoms with van der Waals surface area (Å²) in [6, 6.07) is 0. The van der Waals surface area contributed by atoms with Crippen molar-refractivity contribution in [3.63, 3.8) is 0 Å². The van der Waals surface area contributed by atoms with Gasteiger partial charge in [-0.3, -0.25) is 0 Å². The van der Waals surface area contributed by atoms with Gasteiger partial charge >= 0.3 is 0 Å². The van der Waals surface area contributed by atoms with Crippen LogP contribution in [0.2, 0.25) is 0 Å². The lowest BCUT2D eigenvalue weighted by Crippen LogP contribution is -2.26. The summed E-state index contributed by atoms with van der Waals surface area (Å²) in [5.41, 5.74) is 5.39. The summed E-state index contributed by atoms with van der Waals surface area (Å²) in [5, 5.41) is 9.44. The Balaban J connectivity index is 3.18. The summed E-state index contributed by atoms with van der Waals surface area (Å²) in [4.78, 5) is 0. The number of aliphatic hydroxyl groups is 1. The molecule has 0 bridgehead atoms. The molecule has 0 heterocycles. The van der Waals surface area contributed by atoms with Crippen LogP contribution in [0, 0.1) is 5.92 Å². The van der Waals surface area contributed by atoms with Gasteiger partial charge in [0.1, 0.15) is 0 Å². The third-order valence-corrected chi connectivity index (χ3v) is 2.91. The van der Waals surface area contributed by atoms with E-state index in [9.17, 15) is 5.11 Å². The van der Waals surface area contributed by atoms with E-state index in [-0.39, 0.29) is 6.10 Å². The van der Waals surface area contributed by atoms with E-state index < -0.39 is 0 Å². The maximum Gasteiger partial charge on any atom is 0.0687 e. The molecule has 3 N–H and O–H groups in total. The molecule has 0 aromatic carbocycles. The van der Waals surface area contributed by atoms with E-state index in [1.54, 1.807) is 0 Å². The number of rotatable bonds is 9. The summed E-state index contributed by atoms with van der Waals surface area (Å²) in [5.74, 6) is 0.367. The molecule has 2 nitrogen and oxygen atoms in total. The highest BCUT2D eigenvalue weighted by atomic mass is 16.3. The summed E-state index contributed by atoms with van der Waals surface area (Å²) >= 11 is 0. The van der Waals surface area contributed by atoms with E-state index in [1.807, 2.05) is 0 Å². The van der Waals surface area contributed by atoms with Gasteiger partial charge in [-0.25, -0.2) is 0 Å². The highest BCUT2D eigenvalue weighted by molar-refractivity contribution is 4.64. The minimum Gasteiger partial charge on any atom is -0.392 e. The Labute approximate surface area is 88.9 Å². The fraction of sp³-hybridized carbons (Fsp3) is 1.00. The highest BCUT2D eigenvalue weighted by Crippen LogP contribution is 2.14. The van der Waals surface area contributed by atoms with E-state index in [0.717, 1.165) is 6.42 Å². The number of hydrogen-bond donors (Lipinski definition) is 2. The molecule has 0 aliphatic rings. The van der Waals surface area contributed by atoms with Crippen molar-refractivity contribution in [2.75, 3.05) is 6.54 Å². The van der Waals surface area contributed by atoms with Crippen LogP contribution in [-0.4, -0.2) is 17.8 Å². The lowest BCUT2D eigenvalue weighted by Gasteiger charge is -2.16. The first kappa shape index (κ1) is 13.9. The second-order valence-corrected chi connectivity index (χ2v) is 4.34. The Morgan fingerprint density at radius 1 is 1.07 bits per heavy atom. The molecule has 0 rings (SSSR count). The maximum atomic E-state index is 9.44. The summed E-state index contributed by atoms with van der Waals surface area (Å²) in [6.07, 6.45) is 8.74. The largest absolute Gasteiger partial charge is 0.392 e. The monoisotopic (exact) mass is 201 g/mol. The quantitative estimate of drug-likeness (QED) is 0.563.